The van der Waals surface area contributed by atoms with Crippen molar-refractivity contribution in [1.29, 1.82) is 0 Å². The Kier molecular flexibility index (Phi) is 9.03. The summed E-state index contributed by atoms with van der Waals surface area (Å²) in [5, 5.41) is 21.3. The number of carboxylic acid groups (broad SMARTS) is 1. The summed E-state index contributed by atoms with van der Waals surface area (Å²) in [7, 11) is 0. The van der Waals surface area contributed by atoms with Crippen LogP contribution in [-0.2, 0) is 14.3 Å². The molecule has 7 nitrogen and oxygen atoms in total. The lowest BCUT2D eigenvalue weighted by molar-refractivity contribution is -0.124. The molecule has 208 valence electrons. The van der Waals surface area contributed by atoms with Crippen molar-refractivity contribution in [2.45, 2.75) is 96.8 Å². The molecule has 38 heavy (non-hydrogen) atoms. The van der Waals surface area contributed by atoms with Gasteiger partial charge in [-0.15, -0.1) is 11.3 Å². The summed E-state index contributed by atoms with van der Waals surface area (Å²) in [6.07, 6.45) is 7.41. The number of anilines is 1. The molecule has 2 fully saturated rings. The van der Waals surface area contributed by atoms with E-state index in [1.807, 2.05) is 20.8 Å². The number of hydrogen-bond acceptors (Lipinski definition) is 6. The van der Waals surface area contributed by atoms with Crippen molar-refractivity contribution >= 4 is 28.9 Å². The fourth-order valence-corrected chi connectivity index (χ4v) is 6.21. The van der Waals surface area contributed by atoms with Gasteiger partial charge in [-0.05, 0) is 85.1 Å². The number of hydrogen-bond donors (Lipinski definition) is 2. The highest BCUT2D eigenvalue weighted by atomic mass is 32.1. The lowest BCUT2D eigenvalue weighted by Gasteiger charge is -2.42. The fourth-order valence-electron chi connectivity index (χ4n) is 5.37. The van der Waals surface area contributed by atoms with Gasteiger partial charge < -0.3 is 24.6 Å². The van der Waals surface area contributed by atoms with Gasteiger partial charge in [-0.25, -0.2) is 4.79 Å². The Morgan fingerprint density at radius 3 is 2.55 bits per heavy atom. The minimum Gasteiger partial charge on any atom is -0.477 e. The van der Waals surface area contributed by atoms with Crippen molar-refractivity contribution in [2.24, 2.45) is 11.3 Å². The van der Waals surface area contributed by atoms with E-state index >= 15 is 0 Å². The number of aromatic carboxylic acids is 1. The van der Waals surface area contributed by atoms with Crippen LogP contribution in [0.5, 0.6) is 0 Å². The number of rotatable bonds is 7. The van der Waals surface area contributed by atoms with E-state index in [1.54, 1.807) is 11.0 Å². The summed E-state index contributed by atoms with van der Waals surface area (Å²) in [5.41, 5.74) is 0.548. The van der Waals surface area contributed by atoms with Crippen LogP contribution in [0.2, 0.25) is 0 Å². The first kappa shape index (κ1) is 28.8. The summed E-state index contributed by atoms with van der Waals surface area (Å²) in [5.74, 6) is 5.05. The van der Waals surface area contributed by atoms with Crippen LogP contribution in [0.15, 0.2) is 17.7 Å². The molecule has 1 aromatic heterocycles. The number of carbonyl (C=O) groups excluding carboxylic acids is 1. The van der Waals surface area contributed by atoms with E-state index in [2.05, 4.69) is 24.8 Å². The molecule has 1 amide bonds. The summed E-state index contributed by atoms with van der Waals surface area (Å²) in [6.45, 7) is 9.61. The predicted octanol–water partition coefficient (Wildman–Crippen LogP) is 5.40. The van der Waals surface area contributed by atoms with Gasteiger partial charge in [0, 0.05) is 24.0 Å². The zero-order valence-electron chi connectivity index (χ0n) is 23.0. The number of carboxylic acids is 1. The molecule has 1 aromatic rings. The molecule has 2 aliphatic carbocycles. The van der Waals surface area contributed by atoms with E-state index in [0.29, 0.717) is 55.9 Å². The second-order valence-corrected chi connectivity index (χ2v) is 13.2. The smallest absolute Gasteiger partial charge is 0.348 e. The molecule has 1 aliphatic heterocycles. The topological polar surface area (TPSA) is 96.3 Å². The average Bonchev–Trinajstić information content (AvgIpc) is 3.53. The van der Waals surface area contributed by atoms with Gasteiger partial charge in [-0.3, -0.25) is 4.79 Å². The first-order chi connectivity index (χ1) is 17.9. The van der Waals surface area contributed by atoms with Crippen LogP contribution in [0.25, 0.3) is 0 Å². The Morgan fingerprint density at radius 2 is 1.97 bits per heavy atom. The normalized spacial score (nSPS) is 27.8. The third-order valence-electron chi connectivity index (χ3n) is 7.68. The Bertz CT molecular complexity index is 1110. The highest BCUT2D eigenvalue weighted by Crippen LogP contribution is 2.40. The number of aliphatic hydroxyl groups is 1. The number of carbonyl (C=O) groups is 2. The number of amides is 1. The minimum absolute atomic E-state index is 0.0224. The van der Waals surface area contributed by atoms with Crippen LogP contribution in [0, 0.1) is 23.2 Å². The molecule has 1 unspecified atom stereocenters. The van der Waals surface area contributed by atoms with Gasteiger partial charge in [0.05, 0.1) is 35.5 Å². The zero-order valence-corrected chi connectivity index (χ0v) is 23.9. The maximum atomic E-state index is 14.0. The van der Waals surface area contributed by atoms with Gasteiger partial charge in [0.25, 0.3) is 0 Å². The maximum Gasteiger partial charge on any atom is 0.348 e. The van der Waals surface area contributed by atoms with Crippen LogP contribution >= 0.6 is 11.3 Å². The molecule has 4 rings (SSSR count). The van der Waals surface area contributed by atoms with E-state index in [9.17, 15) is 19.8 Å². The second kappa shape index (κ2) is 11.9. The van der Waals surface area contributed by atoms with Gasteiger partial charge in [-0.1, -0.05) is 23.5 Å². The molecule has 8 heteroatoms. The number of ether oxygens (including phenoxy) is 2. The van der Waals surface area contributed by atoms with E-state index < -0.39 is 11.6 Å². The van der Waals surface area contributed by atoms with Crippen molar-refractivity contribution in [1.82, 2.24) is 0 Å². The van der Waals surface area contributed by atoms with E-state index in [1.165, 1.54) is 5.57 Å². The molecule has 2 atom stereocenters. The molecule has 2 N–H and O–H groups in total. The van der Waals surface area contributed by atoms with Crippen LogP contribution in [0.4, 0.5) is 5.69 Å². The number of thiophene rings is 1. The van der Waals surface area contributed by atoms with E-state index in [4.69, 9.17) is 9.47 Å². The quantitative estimate of drug-likeness (QED) is 0.353. The molecule has 0 bridgehead atoms. The van der Waals surface area contributed by atoms with Gasteiger partial charge >= 0.3 is 5.97 Å². The number of allylic oxidation sites excluding steroid dienone is 2. The second-order valence-electron chi connectivity index (χ2n) is 12.1. The average molecular weight is 544 g/mol. The lowest BCUT2D eigenvalue weighted by atomic mass is 9.81. The van der Waals surface area contributed by atoms with Gasteiger partial charge in [0.15, 0.2) is 0 Å². The standard InChI is InChI=1S/C30H41NO6S/c1-20-5-7-21(8-6-20)27(32)31(25-17-24(11-13-29(2,3)4)38-26(25)28(33)34)22-9-14-30(35,15-10-22)19-37-23-12-16-36-18-23/h5,17,21-23,35H,6-10,12,14-16,18-19H2,1-4H3,(H,33,34)/t21?,22?,23-,30?/m0/s1. The van der Waals surface area contributed by atoms with Crippen molar-refractivity contribution < 1.29 is 29.3 Å². The zero-order chi connectivity index (χ0) is 27.5. The van der Waals surface area contributed by atoms with Crippen molar-refractivity contribution in [2.75, 3.05) is 24.7 Å². The molecule has 3 aliphatic rings. The molecule has 1 saturated carbocycles. The monoisotopic (exact) mass is 543 g/mol. The first-order valence-electron chi connectivity index (χ1n) is 13.7. The summed E-state index contributed by atoms with van der Waals surface area (Å²) in [6, 6.07) is 1.58. The van der Waals surface area contributed by atoms with Crippen molar-refractivity contribution in [3.8, 4) is 11.8 Å². The Morgan fingerprint density at radius 1 is 1.24 bits per heavy atom. The highest BCUT2D eigenvalue weighted by molar-refractivity contribution is 7.15. The number of nitrogens with zero attached hydrogens (tertiary/aromatic N) is 1. The van der Waals surface area contributed by atoms with Gasteiger partial charge in [0.2, 0.25) is 5.91 Å². The van der Waals surface area contributed by atoms with Gasteiger partial charge in [0.1, 0.15) is 4.88 Å². The third kappa shape index (κ3) is 7.26. The lowest BCUT2D eigenvalue weighted by Crippen LogP contribution is -2.50. The van der Waals surface area contributed by atoms with Crippen LogP contribution in [-0.4, -0.2) is 59.7 Å². The molecule has 0 radical (unpaired) electrons. The molecular weight excluding hydrogens is 502 g/mol. The molecule has 0 aromatic carbocycles. The van der Waals surface area contributed by atoms with Crippen molar-refractivity contribution in [3.05, 3.63) is 27.5 Å². The van der Waals surface area contributed by atoms with Crippen molar-refractivity contribution in [3.63, 3.8) is 0 Å². The van der Waals surface area contributed by atoms with Crippen LogP contribution < -0.4 is 4.90 Å². The van der Waals surface area contributed by atoms with Gasteiger partial charge in [-0.2, -0.15) is 0 Å². The molecule has 1 saturated heterocycles. The fraction of sp³-hybridized carbons (Fsp3) is 0.667. The Labute approximate surface area is 230 Å². The summed E-state index contributed by atoms with van der Waals surface area (Å²) < 4.78 is 11.3. The highest BCUT2D eigenvalue weighted by Gasteiger charge is 2.41. The van der Waals surface area contributed by atoms with Crippen LogP contribution in [0.1, 0.15) is 93.6 Å². The largest absolute Gasteiger partial charge is 0.477 e. The summed E-state index contributed by atoms with van der Waals surface area (Å²) in [4.78, 5) is 28.9. The SMILES string of the molecule is CC1=CCC(C(=O)N(c2cc(C#CC(C)(C)C)sc2C(=O)O)C2CCC(O)(CO[C@H]3CCOC3)CC2)CC1. The third-order valence-corrected chi connectivity index (χ3v) is 8.71. The molecular formula is C30H41NO6S. The Hall–Kier alpha value is -2.18. The first-order valence-corrected chi connectivity index (χ1v) is 14.6. The van der Waals surface area contributed by atoms with E-state index in [0.717, 1.165) is 30.6 Å². The predicted molar refractivity (Wildman–Crippen MR) is 149 cm³/mol. The van der Waals surface area contributed by atoms with E-state index in [-0.39, 0.29) is 40.9 Å². The minimum atomic E-state index is -1.05. The molecule has 2 heterocycles. The summed E-state index contributed by atoms with van der Waals surface area (Å²) >= 11 is 1.13. The maximum absolute atomic E-state index is 14.0. The Balaban J connectivity index is 1.60. The molecule has 0 spiro atoms. The van der Waals surface area contributed by atoms with Crippen LogP contribution in [0.3, 0.4) is 0 Å².